The molecule has 1 unspecified atom stereocenters. The number of nitrogens with zero attached hydrogens (tertiary/aromatic N) is 4. The molecule has 0 aliphatic carbocycles. The molecule has 0 saturated carbocycles. The van der Waals surface area contributed by atoms with Gasteiger partial charge in [0, 0.05) is 51.1 Å². The molecule has 6 nitrogen and oxygen atoms in total. The van der Waals surface area contributed by atoms with Crippen molar-refractivity contribution in [2.24, 2.45) is 10.4 Å². The topological polar surface area (TPSA) is 53.0 Å². The van der Waals surface area contributed by atoms with Gasteiger partial charge in [-0.3, -0.25) is 0 Å². The van der Waals surface area contributed by atoms with Gasteiger partial charge in [0.2, 0.25) is 0 Å². The number of anilines is 1. The predicted octanol–water partition coefficient (Wildman–Crippen LogP) is 1.79. The second-order valence-electron chi connectivity index (χ2n) is 6.66. The Hall–Kier alpha value is -1.34. The number of likely N-dealkylation sites (tertiary alicyclic amines) is 1. The molecule has 0 radical (unpaired) electrons. The summed E-state index contributed by atoms with van der Waals surface area (Å²) in [4.78, 5) is 13.8. The SMILES string of the molecule is CCNC(=NCc1csc(N(C)C)n1)N1CCC2(CCOC2)C1. The van der Waals surface area contributed by atoms with Crippen LogP contribution in [0.5, 0.6) is 0 Å². The maximum absolute atomic E-state index is 5.62. The van der Waals surface area contributed by atoms with Crippen LogP contribution in [-0.2, 0) is 11.3 Å². The van der Waals surface area contributed by atoms with Gasteiger partial charge in [-0.25, -0.2) is 9.98 Å². The van der Waals surface area contributed by atoms with Gasteiger partial charge in [0.05, 0.1) is 18.8 Å². The second kappa shape index (κ2) is 7.05. The summed E-state index contributed by atoms with van der Waals surface area (Å²) in [6.45, 7) is 7.57. The van der Waals surface area contributed by atoms with Gasteiger partial charge in [0.15, 0.2) is 11.1 Å². The van der Waals surface area contributed by atoms with Crippen LogP contribution in [0.25, 0.3) is 0 Å². The summed E-state index contributed by atoms with van der Waals surface area (Å²) in [6.07, 6.45) is 2.39. The number of rotatable bonds is 4. The molecule has 1 aromatic heterocycles. The molecule has 3 rings (SSSR count). The van der Waals surface area contributed by atoms with Gasteiger partial charge in [-0.2, -0.15) is 0 Å². The van der Waals surface area contributed by atoms with Crippen LogP contribution < -0.4 is 10.2 Å². The van der Waals surface area contributed by atoms with Crippen LogP contribution in [0.3, 0.4) is 0 Å². The number of guanidine groups is 1. The zero-order valence-electron chi connectivity index (χ0n) is 14.3. The molecule has 2 saturated heterocycles. The van der Waals surface area contributed by atoms with Crippen LogP contribution in [0.4, 0.5) is 5.13 Å². The third-order valence-corrected chi connectivity index (χ3v) is 5.63. The van der Waals surface area contributed by atoms with E-state index in [0.717, 1.165) is 49.6 Å². The van der Waals surface area contributed by atoms with Gasteiger partial charge in [0.25, 0.3) is 0 Å². The molecular weight excluding hydrogens is 310 g/mol. The van der Waals surface area contributed by atoms with Gasteiger partial charge in [-0.15, -0.1) is 11.3 Å². The Bertz CT molecular complexity index is 550. The van der Waals surface area contributed by atoms with Crippen molar-refractivity contribution in [3.05, 3.63) is 11.1 Å². The van der Waals surface area contributed by atoms with Crippen molar-refractivity contribution < 1.29 is 4.74 Å². The minimum absolute atomic E-state index is 0.356. The first-order valence-electron chi connectivity index (χ1n) is 8.35. The Balaban J connectivity index is 1.65. The molecule has 2 fully saturated rings. The van der Waals surface area contributed by atoms with Crippen LogP contribution in [-0.4, -0.2) is 62.8 Å². The molecule has 1 spiro atoms. The van der Waals surface area contributed by atoms with E-state index >= 15 is 0 Å². The van der Waals surface area contributed by atoms with Crippen LogP contribution >= 0.6 is 11.3 Å². The Morgan fingerprint density at radius 1 is 1.52 bits per heavy atom. The molecule has 23 heavy (non-hydrogen) atoms. The zero-order chi connectivity index (χ0) is 16.3. The number of aromatic nitrogens is 1. The fourth-order valence-electron chi connectivity index (χ4n) is 3.24. The lowest BCUT2D eigenvalue weighted by Crippen LogP contribution is -2.41. The number of aliphatic imine (C=N–C) groups is 1. The number of ether oxygens (including phenoxy) is 1. The average Bonchev–Trinajstić information content (AvgIpc) is 3.26. The van der Waals surface area contributed by atoms with Gasteiger partial charge >= 0.3 is 0 Å². The lowest BCUT2D eigenvalue weighted by molar-refractivity contribution is 0.156. The number of hydrogen-bond acceptors (Lipinski definition) is 5. The summed E-state index contributed by atoms with van der Waals surface area (Å²) >= 11 is 1.67. The van der Waals surface area contributed by atoms with Gasteiger partial charge in [-0.1, -0.05) is 0 Å². The third kappa shape index (κ3) is 3.77. The molecule has 2 aliphatic rings. The predicted molar refractivity (Wildman–Crippen MR) is 95.3 cm³/mol. The normalized spacial score (nSPS) is 24.7. The number of hydrogen-bond donors (Lipinski definition) is 1. The molecule has 0 amide bonds. The minimum atomic E-state index is 0.356. The summed E-state index contributed by atoms with van der Waals surface area (Å²) in [5.74, 6) is 1.01. The molecular formula is C16H27N5OS. The molecule has 128 valence electrons. The average molecular weight is 337 g/mol. The molecule has 0 bridgehead atoms. The molecule has 1 atom stereocenters. The van der Waals surface area contributed by atoms with E-state index in [1.54, 1.807) is 11.3 Å². The van der Waals surface area contributed by atoms with E-state index in [1.165, 1.54) is 12.8 Å². The van der Waals surface area contributed by atoms with Crippen LogP contribution in [0, 0.1) is 5.41 Å². The van der Waals surface area contributed by atoms with Crippen molar-refractivity contribution in [2.45, 2.75) is 26.3 Å². The summed E-state index contributed by atoms with van der Waals surface area (Å²) in [6, 6.07) is 0. The highest BCUT2D eigenvalue weighted by Gasteiger charge is 2.42. The highest BCUT2D eigenvalue weighted by atomic mass is 32.1. The van der Waals surface area contributed by atoms with Crippen LogP contribution in [0.2, 0.25) is 0 Å². The van der Waals surface area contributed by atoms with Crippen molar-refractivity contribution in [1.29, 1.82) is 0 Å². The zero-order valence-corrected chi connectivity index (χ0v) is 15.2. The molecule has 1 N–H and O–H groups in total. The molecule has 7 heteroatoms. The Labute approximate surface area is 142 Å². The summed E-state index contributed by atoms with van der Waals surface area (Å²) in [5.41, 5.74) is 1.39. The van der Waals surface area contributed by atoms with E-state index in [-0.39, 0.29) is 0 Å². The highest BCUT2D eigenvalue weighted by molar-refractivity contribution is 7.13. The smallest absolute Gasteiger partial charge is 0.194 e. The quantitative estimate of drug-likeness (QED) is 0.670. The molecule has 0 aromatic carbocycles. The van der Waals surface area contributed by atoms with E-state index in [0.29, 0.717) is 12.0 Å². The lowest BCUT2D eigenvalue weighted by Gasteiger charge is -2.24. The van der Waals surface area contributed by atoms with Crippen molar-refractivity contribution in [2.75, 3.05) is 51.8 Å². The van der Waals surface area contributed by atoms with Gasteiger partial charge in [-0.05, 0) is 19.8 Å². The van der Waals surface area contributed by atoms with E-state index in [4.69, 9.17) is 9.73 Å². The standard InChI is InChI=1S/C16H27N5OS/c1-4-17-14(18-9-13-10-23-15(19-13)20(2)3)21-7-5-16(11-21)6-8-22-12-16/h10H,4-9,11-12H2,1-3H3,(H,17,18). The third-order valence-electron chi connectivity index (χ3n) is 4.57. The summed E-state index contributed by atoms with van der Waals surface area (Å²) < 4.78 is 5.62. The van der Waals surface area contributed by atoms with Crippen LogP contribution in [0.1, 0.15) is 25.5 Å². The number of nitrogens with one attached hydrogen (secondary N) is 1. The fourth-order valence-corrected chi connectivity index (χ4v) is 3.99. The van der Waals surface area contributed by atoms with Crippen molar-refractivity contribution in [3.8, 4) is 0 Å². The largest absolute Gasteiger partial charge is 0.381 e. The second-order valence-corrected chi connectivity index (χ2v) is 7.50. The maximum atomic E-state index is 5.62. The van der Waals surface area contributed by atoms with Crippen LogP contribution in [0.15, 0.2) is 10.4 Å². The minimum Gasteiger partial charge on any atom is -0.381 e. The Morgan fingerprint density at radius 2 is 2.39 bits per heavy atom. The molecule has 1 aromatic rings. The summed E-state index contributed by atoms with van der Waals surface area (Å²) in [5, 5.41) is 6.56. The van der Waals surface area contributed by atoms with Gasteiger partial charge in [0.1, 0.15) is 0 Å². The maximum Gasteiger partial charge on any atom is 0.194 e. The molecule has 2 aliphatic heterocycles. The first-order valence-corrected chi connectivity index (χ1v) is 9.23. The van der Waals surface area contributed by atoms with E-state index < -0.39 is 0 Å². The van der Waals surface area contributed by atoms with Crippen molar-refractivity contribution in [3.63, 3.8) is 0 Å². The Kier molecular flexibility index (Phi) is 5.06. The lowest BCUT2D eigenvalue weighted by atomic mass is 9.87. The monoisotopic (exact) mass is 337 g/mol. The molecule has 3 heterocycles. The first-order chi connectivity index (χ1) is 11.1. The van der Waals surface area contributed by atoms with E-state index in [1.807, 2.05) is 19.0 Å². The van der Waals surface area contributed by atoms with Crippen molar-refractivity contribution in [1.82, 2.24) is 15.2 Å². The first kappa shape index (κ1) is 16.5. The summed E-state index contributed by atoms with van der Waals surface area (Å²) in [7, 11) is 4.03. The van der Waals surface area contributed by atoms with Gasteiger partial charge < -0.3 is 19.9 Å². The van der Waals surface area contributed by atoms with E-state index in [2.05, 4.69) is 27.5 Å². The van der Waals surface area contributed by atoms with Crippen molar-refractivity contribution >= 4 is 22.4 Å². The highest BCUT2D eigenvalue weighted by Crippen LogP contribution is 2.38. The number of thiazole rings is 1. The van der Waals surface area contributed by atoms with E-state index in [9.17, 15) is 0 Å². The fraction of sp³-hybridized carbons (Fsp3) is 0.750. The Morgan fingerprint density at radius 3 is 3.04 bits per heavy atom.